The van der Waals surface area contributed by atoms with Gasteiger partial charge in [0.1, 0.15) is 11.5 Å². The minimum absolute atomic E-state index is 0.00495. The van der Waals surface area contributed by atoms with Crippen molar-refractivity contribution >= 4 is 21.6 Å². The molecule has 3 rings (SSSR count). The summed E-state index contributed by atoms with van der Waals surface area (Å²) in [5, 5.41) is 0. The first kappa shape index (κ1) is 24.1. The molecule has 0 spiro atoms. The van der Waals surface area contributed by atoms with Crippen molar-refractivity contribution in [2.45, 2.75) is 25.3 Å². The molecular formula is C25H28N2O5S. The monoisotopic (exact) mass is 468 g/mol. The lowest BCUT2D eigenvalue weighted by atomic mass is 10.1. The van der Waals surface area contributed by atoms with Crippen LogP contribution in [0.4, 0.5) is 5.69 Å². The molecule has 0 atom stereocenters. The fourth-order valence-electron chi connectivity index (χ4n) is 3.27. The lowest BCUT2D eigenvalue weighted by molar-refractivity contribution is 0.0783. The van der Waals surface area contributed by atoms with Gasteiger partial charge in [-0.2, -0.15) is 0 Å². The Morgan fingerprint density at radius 1 is 0.909 bits per heavy atom. The molecule has 0 saturated carbocycles. The number of anilines is 1. The first-order valence-electron chi connectivity index (χ1n) is 10.7. The maximum Gasteiger partial charge on any atom is 0.261 e. The van der Waals surface area contributed by atoms with Crippen LogP contribution in [0.3, 0.4) is 0 Å². The minimum atomic E-state index is -3.87. The van der Waals surface area contributed by atoms with E-state index in [0.717, 1.165) is 11.3 Å². The molecule has 0 fully saturated rings. The lowest BCUT2D eigenvalue weighted by Gasteiger charge is -2.19. The minimum Gasteiger partial charge on any atom is -0.494 e. The first-order chi connectivity index (χ1) is 15.8. The zero-order valence-corrected chi connectivity index (χ0v) is 19.8. The van der Waals surface area contributed by atoms with Crippen molar-refractivity contribution in [3.8, 4) is 11.5 Å². The standard InChI is InChI=1S/C25H28N2O5S/c1-4-31-22-15-13-21(14-16-22)26-33(29,30)23-11-8-10-19(17-23)25(28)27(3)18-20-9-6-7-12-24(20)32-5-2/h6-17,26H,4-5,18H2,1-3H3. The molecule has 174 valence electrons. The molecule has 1 amide bonds. The lowest BCUT2D eigenvalue weighted by Crippen LogP contribution is -2.26. The highest BCUT2D eigenvalue weighted by molar-refractivity contribution is 7.92. The summed E-state index contributed by atoms with van der Waals surface area (Å²) in [5.74, 6) is 1.08. The number of nitrogens with one attached hydrogen (secondary N) is 1. The number of carbonyl (C=O) groups excluding carboxylic acids is 1. The number of sulfonamides is 1. The van der Waals surface area contributed by atoms with Crippen LogP contribution in [-0.2, 0) is 16.6 Å². The Bertz CT molecular complexity index is 1190. The largest absolute Gasteiger partial charge is 0.494 e. The number of para-hydroxylation sites is 1. The molecule has 0 unspecified atom stereocenters. The van der Waals surface area contributed by atoms with Gasteiger partial charge in [-0.15, -0.1) is 0 Å². The van der Waals surface area contributed by atoms with Gasteiger partial charge in [0, 0.05) is 30.4 Å². The summed E-state index contributed by atoms with van der Waals surface area (Å²) in [5.41, 5.74) is 1.55. The third-order valence-electron chi connectivity index (χ3n) is 4.84. The second-order valence-electron chi connectivity index (χ2n) is 7.29. The van der Waals surface area contributed by atoms with Crippen molar-refractivity contribution in [2.24, 2.45) is 0 Å². The SMILES string of the molecule is CCOc1ccc(NS(=O)(=O)c2cccc(C(=O)N(C)Cc3ccccc3OCC)c2)cc1. The second kappa shape index (κ2) is 10.9. The summed E-state index contributed by atoms with van der Waals surface area (Å²) < 4.78 is 39.3. The Labute approximate surface area is 195 Å². The van der Waals surface area contributed by atoms with E-state index in [2.05, 4.69) is 4.72 Å². The van der Waals surface area contributed by atoms with Crippen molar-refractivity contribution in [1.82, 2.24) is 4.90 Å². The highest BCUT2D eigenvalue weighted by atomic mass is 32.2. The second-order valence-corrected chi connectivity index (χ2v) is 8.98. The molecule has 33 heavy (non-hydrogen) atoms. The van der Waals surface area contributed by atoms with E-state index in [1.54, 1.807) is 43.4 Å². The van der Waals surface area contributed by atoms with E-state index in [9.17, 15) is 13.2 Å². The van der Waals surface area contributed by atoms with Gasteiger partial charge in [-0.3, -0.25) is 9.52 Å². The number of hydrogen-bond acceptors (Lipinski definition) is 5. The van der Waals surface area contributed by atoms with Crippen molar-refractivity contribution in [1.29, 1.82) is 0 Å². The van der Waals surface area contributed by atoms with E-state index in [-0.39, 0.29) is 16.4 Å². The molecule has 0 aromatic heterocycles. The summed E-state index contributed by atoms with van der Waals surface area (Å²) in [7, 11) is -2.20. The van der Waals surface area contributed by atoms with Gasteiger partial charge in [-0.1, -0.05) is 24.3 Å². The van der Waals surface area contributed by atoms with E-state index in [4.69, 9.17) is 9.47 Å². The fourth-order valence-corrected chi connectivity index (χ4v) is 4.38. The number of nitrogens with zero attached hydrogens (tertiary/aromatic N) is 1. The normalized spacial score (nSPS) is 11.0. The molecular weight excluding hydrogens is 440 g/mol. The fraction of sp³-hybridized carbons (Fsp3) is 0.240. The maximum absolute atomic E-state index is 13.0. The molecule has 3 aromatic carbocycles. The number of ether oxygens (including phenoxy) is 2. The highest BCUT2D eigenvalue weighted by Crippen LogP contribution is 2.22. The summed E-state index contributed by atoms with van der Waals surface area (Å²) in [4.78, 5) is 14.5. The van der Waals surface area contributed by atoms with Crippen LogP contribution in [0.5, 0.6) is 11.5 Å². The van der Waals surface area contributed by atoms with Gasteiger partial charge in [0.05, 0.1) is 18.1 Å². The van der Waals surface area contributed by atoms with Crippen LogP contribution >= 0.6 is 0 Å². The predicted molar refractivity (Wildman–Crippen MR) is 128 cm³/mol. The molecule has 0 bridgehead atoms. The van der Waals surface area contributed by atoms with Crippen molar-refractivity contribution < 1.29 is 22.7 Å². The van der Waals surface area contributed by atoms with Crippen molar-refractivity contribution in [3.05, 3.63) is 83.9 Å². The molecule has 0 aliphatic heterocycles. The third-order valence-corrected chi connectivity index (χ3v) is 6.21. The van der Waals surface area contributed by atoms with Crippen LogP contribution < -0.4 is 14.2 Å². The highest BCUT2D eigenvalue weighted by Gasteiger charge is 2.19. The van der Waals surface area contributed by atoms with Gasteiger partial charge in [0.25, 0.3) is 15.9 Å². The third kappa shape index (κ3) is 6.26. The van der Waals surface area contributed by atoms with E-state index < -0.39 is 10.0 Å². The summed E-state index contributed by atoms with van der Waals surface area (Å²) >= 11 is 0. The first-order valence-corrected chi connectivity index (χ1v) is 12.1. The van der Waals surface area contributed by atoms with Crippen LogP contribution in [0.25, 0.3) is 0 Å². The molecule has 0 saturated heterocycles. The van der Waals surface area contributed by atoms with Crippen LogP contribution in [0.15, 0.2) is 77.7 Å². The molecule has 8 heteroatoms. The molecule has 7 nitrogen and oxygen atoms in total. The summed E-state index contributed by atoms with van der Waals surface area (Å²) in [6.45, 7) is 5.16. The average Bonchev–Trinajstić information content (AvgIpc) is 2.81. The zero-order valence-electron chi connectivity index (χ0n) is 18.9. The van der Waals surface area contributed by atoms with Crippen LogP contribution in [0.1, 0.15) is 29.8 Å². The Morgan fingerprint density at radius 2 is 1.61 bits per heavy atom. The van der Waals surface area contributed by atoms with Crippen LogP contribution in [0.2, 0.25) is 0 Å². The van der Waals surface area contributed by atoms with Crippen LogP contribution in [0, 0.1) is 0 Å². The molecule has 0 heterocycles. The number of hydrogen-bond donors (Lipinski definition) is 1. The van der Waals surface area contributed by atoms with E-state index in [0.29, 0.717) is 31.2 Å². The Hall–Kier alpha value is -3.52. The maximum atomic E-state index is 13.0. The molecule has 0 aliphatic carbocycles. The Balaban J connectivity index is 1.75. The van der Waals surface area contributed by atoms with Gasteiger partial charge in [0.2, 0.25) is 0 Å². The number of benzene rings is 3. The average molecular weight is 469 g/mol. The Kier molecular flexibility index (Phi) is 7.95. The van der Waals surface area contributed by atoms with Gasteiger partial charge in [0.15, 0.2) is 0 Å². The van der Waals surface area contributed by atoms with Crippen molar-refractivity contribution in [2.75, 3.05) is 25.0 Å². The Morgan fingerprint density at radius 3 is 2.30 bits per heavy atom. The summed E-state index contributed by atoms with van der Waals surface area (Å²) in [6.07, 6.45) is 0. The molecule has 0 aliphatic rings. The van der Waals surface area contributed by atoms with E-state index in [1.165, 1.54) is 17.0 Å². The molecule has 0 radical (unpaired) electrons. The number of rotatable bonds is 10. The van der Waals surface area contributed by atoms with Crippen molar-refractivity contribution in [3.63, 3.8) is 0 Å². The van der Waals surface area contributed by atoms with Gasteiger partial charge in [-0.05, 0) is 62.4 Å². The summed E-state index contributed by atoms with van der Waals surface area (Å²) in [6, 6.07) is 20.1. The van der Waals surface area contributed by atoms with E-state index in [1.807, 2.05) is 38.1 Å². The van der Waals surface area contributed by atoms with Crippen LogP contribution in [-0.4, -0.2) is 39.5 Å². The molecule has 3 aromatic rings. The quantitative estimate of drug-likeness (QED) is 0.472. The van der Waals surface area contributed by atoms with Gasteiger partial charge < -0.3 is 14.4 Å². The smallest absolute Gasteiger partial charge is 0.261 e. The number of carbonyl (C=O) groups is 1. The predicted octanol–water partition coefficient (Wildman–Crippen LogP) is 4.56. The van der Waals surface area contributed by atoms with Gasteiger partial charge in [-0.25, -0.2) is 8.42 Å². The van der Waals surface area contributed by atoms with Gasteiger partial charge >= 0.3 is 0 Å². The van der Waals surface area contributed by atoms with E-state index >= 15 is 0 Å². The zero-order chi connectivity index (χ0) is 23.8. The topological polar surface area (TPSA) is 84.9 Å². The molecule has 1 N–H and O–H groups in total. The number of amides is 1.